The third-order valence-electron chi connectivity index (χ3n) is 3.21. The molecule has 1 aromatic rings. The highest BCUT2D eigenvalue weighted by atomic mass is 16.5. The SMILES string of the molecule is COCCN(CC(C)C)C(C)c1c(O)cccc1O. The number of ether oxygens (including phenoxy) is 1. The van der Waals surface area contributed by atoms with Gasteiger partial charge in [-0.3, -0.25) is 4.90 Å². The molecule has 4 heteroatoms. The van der Waals surface area contributed by atoms with Crippen LogP contribution in [-0.4, -0.2) is 41.9 Å². The Morgan fingerprint density at radius 1 is 1.16 bits per heavy atom. The predicted molar refractivity (Wildman–Crippen MR) is 76.5 cm³/mol. The molecule has 0 saturated heterocycles. The molecule has 0 aliphatic carbocycles. The third kappa shape index (κ3) is 4.40. The van der Waals surface area contributed by atoms with Crippen LogP contribution in [0.2, 0.25) is 0 Å². The largest absolute Gasteiger partial charge is 0.507 e. The van der Waals surface area contributed by atoms with Crippen LogP contribution in [0.15, 0.2) is 18.2 Å². The van der Waals surface area contributed by atoms with Crippen molar-refractivity contribution in [3.05, 3.63) is 23.8 Å². The van der Waals surface area contributed by atoms with E-state index in [9.17, 15) is 10.2 Å². The summed E-state index contributed by atoms with van der Waals surface area (Å²) in [5, 5.41) is 19.9. The number of phenolic OH excluding ortho intramolecular Hbond substituents is 2. The highest BCUT2D eigenvalue weighted by Crippen LogP contribution is 2.35. The second kappa shape index (κ2) is 7.36. The Balaban J connectivity index is 2.94. The molecule has 1 atom stereocenters. The summed E-state index contributed by atoms with van der Waals surface area (Å²) in [6.07, 6.45) is 0. The Kier molecular flexibility index (Phi) is 6.12. The Morgan fingerprint density at radius 2 is 1.74 bits per heavy atom. The summed E-state index contributed by atoms with van der Waals surface area (Å²) in [5.74, 6) is 0.782. The average molecular weight is 267 g/mol. The normalized spacial score (nSPS) is 13.2. The van der Waals surface area contributed by atoms with Gasteiger partial charge in [-0.1, -0.05) is 19.9 Å². The summed E-state index contributed by atoms with van der Waals surface area (Å²) in [6.45, 7) is 8.58. The first kappa shape index (κ1) is 15.8. The van der Waals surface area contributed by atoms with Gasteiger partial charge in [-0.2, -0.15) is 0 Å². The second-order valence-electron chi connectivity index (χ2n) is 5.27. The minimum absolute atomic E-state index is 0.0567. The van der Waals surface area contributed by atoms with Crippen molar-refractivity contribution in [3.8, 4) is 11.5 Å². The van der Waals surface area contributed by atoms with Crippen LogP contribution in [0.25, 0.3) is 0 Å². The van der Waals surface area contributed by atoms with Gasteiger partial charge in [-0.15, -0.1) is 0 Å². The zero-order valence-electron chi connectivity index (χ0n) is 12.3. The highest BCUT2D eigenvalue weighted by molar-refractivity contribution is 5.44. The highest BCUT2D eigenvalue weighted by Gasteiger charge is 2.22. The van der Waals surface area contributed by atoms with Crippen LogP contribution in [0, 0.1) is 5.92 Å². The van der Waals surface area contributed by atoms with Gasteiger partial charge in [0, 0.05) is 26.2 Å². The number of benzene rings is 1. The van der Waals surface area contributed by atoms with E-state index in [1.54, 1.807) is 25.3 Å². The van der Waals surface area contributed by atoms with Gasteiger partial charge in [0.05, 0.1) is 12.2 Å². The van der Waals surface area contributed by atoms with E-state index in [1.807, 2.05) is 6.92 Å². The lowest BCUT2D eigenvalue weighted by atomic mass is 10.0. The molecular weight excluding hydrogens is 242 g/mol. The van der Waals surface area contributed by atoms with Crippen LogP contribution in [0.5, 0.6) is 11.5 Å². The number of nitrogens with zero attached hydrogens (tertiary/aromatic N) is 1. The van der Waals surface area contributed by atoms with Crippen molar-refractivity contribution < 1.29 is 14.9 Å². The third-order valence-corrected chi connectivity index (χ3v) is 3.21. The van der Waals surface area contributed by atoms with Crippen molar-refractivity contribution in [2.75, 3.05) is 26.8 Å². The summed E-state index contributed by atoms with van der Waals surface area (Å²) >= 11 is 0. The van der Waals surface area contributed by atoms with Crippen molar-refractivity contribution in [1.82, 2.24) is 4.90 Å². The quantitative estimate of drug-likeness (QED) is 0.797. The Labute approximate surface area is 115 Å². The van der Waals surface area contributed by atoms with Gasteiger partial charge >= 0.3 is 0 Å². The molecule has 0 aliphatic rings. The molecule has 1 unspecified atom stereocenters. The molecule has 0 bridgehead atoms. The molecule has 0 fully saturated rings. The Bertz CT molecular complexity index is 373. The molecule has 108 valence electrons. The molecule has 0 aromatic heterocycles. The monoisotopic (exact) mass is 267 g/mol. The summed E-state index contributed by atoms with van der Waals surface area (Å²) in [6, 6.07) is 4.80. The van der Waals surface area contributed by atoms with Crippen molar-refractivity contribution >= 4 is 0 Å². The first-order chi connectivity index (χ1) is 8.97. The van der Waals surface area contributed by atoms with E-state index in [0.717, 1.165) is 13.1 Å². The number of hydrogen-bond donors (Lipinski definition) is 2. The van der Waals surface area contributed by atoms with Crippen LogP contribution in [-0.2, 0) is 4.74 Å². The van der Waals surface area contributed by atoms with Crippen LogP contribution in [0.3, 0.4) is 0 Å². The predicted octanol–water partition coefficient (Wildman–Crippen LogP) is 2.76. The van der Waals surface area contributed by atoms with Crippen LogP contribution < -0.4 is 0 Å². The van der Waals surface area contributed by atoms with Crippen LogP contribution in [0.4, 0.5) is 0 Å². The van der Waals surface area contributed by atoms with Gasteiger partial charge in [-0.25, -0.2) is 0 Å². The van der Waals surface area contributed by atoms with E-state index >= 15 is 0 Å². The molecule has 4 nitrogen and oxygen atoms in total. The lowest BCUT2D eigenvalue weighted by Crippen LogP contribution is -2.33. The molecular formula is C15H25NO3. The van der Waals surface area contributed by atoms with E-state index in [4.69, 9.17) is 4.74 Å². The van der Waals surface area contributed by atoms with Gasteiger partial charge < -0.3 is 14.9 Å². The number of aromatic hydroxyl groups is 2. The zero-order chi connectivity index (χ0) is 14.4. The number of hydrogen-bond acceptors (Lipinski definition) is 4. The van der Waals surface area contributed by atoms with E-state index in [1.165, 1.54) is 0 Å². The maximum atomic E-state index is 9.95. The smallest absolute Gasteiger partial charge is 0.124 e. The van der Waals surface area contributed by atoms with E-state index in [0.29, 0.717) is 18.1 Å². The fraction of sp³-hybridized carbons (Fsp3) is 0.600. The maximum Gasteiger partial charge on any atom is 0.124 e. The van der Waals surface area contributed by atoms with Crippen molar-refractivity contribution in [2.24, 2.45) is 5.92 Å². The second-order valence-corrected chi connectivity index (χ2v) is 5.27. The fourth-order valence-corrected chi connectivity index (χ4v) is 2.27. The molecule has 0 spiro atoms. The minimum Gasteiger partial charge on any atom is -0.507 e. The van der Waals surface area contributed by atoms with Gasteiger partial charge in [0.25, 0.3) is 0 Å². The maximum absolute atomic E-state index is 9.95. The number of methoxy groups -OCH3 is 1. The van der Waals surface area contributed by atoms with Crippen molar-refractivity contribution in [1.29, 1.82) is 0 Å². The molecule has 2 N–H and O–H groups in total. The van der Waals surface area contributed by atoms with Gasteiger partial charge in [0.1, 0.15) is 11.5 Å². The lowest BCUT2D eigenvalue weighted by molar-refractivity contribution is 0.113. The van der Waals surface area contributed by atoms with E-state index < -0.39 is 0 Å². The topological polar surface area (TPSA) is 52.9 Å². The Morgan fingerprint density at radius 3 is 2.21 bits per heavy atom. The lowest BCUT2D eigenvalue weighted by Gasteiger charge is -2.31. The fourth-order valence-electron chi connectivity index (χ4n) is 2.27. The standard InChI is InChI=1S/C15H25NO3/c1-11(2)10-16(8-9-19-4)12(3)15-13(17)6-5-7-14(15)18/h5-7,11-12,17-18H,8-10H2,1-4H3. The Hall–Kier alpha value is -1.26. The van der Waals surface area contributed by atoms with Gasteiger partial charge in [-0.05, 0) is 25.0 Å². The van der Waals surface area contributed by atoms with Crippen molar-refractivity contribution in [2.45, 2.75) is 26.8 Å². The first-order valence-electron chi connectivity index (χ1n) is 6.71. The molecule has 19 heavy (non-hydrogen) atoms. The summed E-state index contributed by atoms with van der Waals surface area (Å²) in [4.78, 5) is 2.21. The molecule has 0 amide bonds. The zero-order valence-corrected chi connectivity index (χ0v) is 12.3. The molecule has 0 aliphatic heterocycles. The van der Waals surface area contributed by atoms with Crippen molar-refractivity contribution in [3.63, 3.8) is 0 Å². The van der Waals surface area contributed by atoms with E-state index in [2.05, 4.69) is 18.7 Å². The number of phenols is 2. The summed E-state index contributed by atoms with van der Waals surface area (Å²) < 4.78 is 5.13. The molecule has 1 aromatic carbocycles. The van der Waals surface area contributed by atoms with Crippen LogP contribution in [0.1, 0.15) is 32.4 Å². The molecule has 1 rings (SSSR count). The summed E-state index contributed by atoms with van der Waals surface area (Å²) in [5.41, 5.74) is 0.583. The number of rotatable bonds is 7. The molecule has 0 saturated carbocycles. The van der Waals surface area contributed by atoms with Crippen LogP contribution >= 0.6 is 0 Å². The van der Waals surface area contributed by atoms with E-state index in [-0.39, 0.29) is 17.5 Å². The first-order valence-corrected chi connectivity index (χ1v) is 6.71. The van der Waals surface area contributed by atoms with Gasteiger partial charge in [0.15, 0.2) is 0 Å². The summed E-state index contributed by atoms with van der Waals surface area (Å²) in [7, 11) is 1.68. The average Bonchev–Trinajstić information content (AvgIpc) is 2.33. The minimum atomic E-state index is -0.0567. The molecule has 0 heterocycles. The van der Waals surface area contributed by atoms with Gasteiger partial charge in [0.2, 0.25) is 0 Å². The molecule has 0 radical (unpaired) electrons.